The third-order valence-corrected chi connectivity index (χ3v) is 3.53. The number of nitrogens with one attached hydrogen (secondary N) is 1. The highest BCUT2D eigenvalue weighted by Gasteiger charge is 2.19. The Morgan fingerprint density at radius 1 is 1.38 bits per heavy atom. The molecule has 1 atom stereocenters. The van der Waals surface area contributed by atoms with Crippen LogP contribution in [0, 0.1) is 0 Å². The van der Waals surface area contributed by atoms with E-state index in [2.05, 4.69) is 15.0 Å². The Morgan fingerprint density at radius 3 is 2.71 bits per heavy atom. The van der Waals surface area contributed by atoms with Crippen molar-refractivity contribution >= 4 is 12.4 Å². The van der Waals surface area contributed by atoms with Gasteiger partial charge in [0.2, 0.25) is 0 Å². The lowest BCUT2D eigenvalue weighted by atomic mass is 10.1. The van der Waals surface area contributed by atoms with E-state index in [0.717, 1.165) is 25.1 Å². The predicted octanol–water partition coefficient (Wildman–Crippen LogP) is 2.51. The summed E-state index contributed by atoms with van der Waals surface area (Å²) in [5.41, 5.74) is 0.927. The molecule has 4 nitrogen and oxygen atoms in total. The second-order valence-corrected chi connectivity index (χ2v) is 4.93. The molecule has 1 aromatic rings. The van der Waals surface area contributed by atoms with Gasteiger partial charge in [-0.25, -0.2) is 0 Å². The van der Waals surface area contributed by atoms with E-state index in [9.17, 15) is 8.78 Å². The molecule has 7 heteroatoms. The summed E-state index contributed by atoms with van der Waals surface area (Å²) in [6, 6.07) is 5.63. The van der Waals surface area contributed by atoms with E-state index in [0.29, 0.717) is 18.3 Å². The molecule has 0 aromatic heterocycles. The maximum atomic E-state index is 12.4. The summed E-state index contributed by atoms with van der Waals surface area (Å²) in [4.78, 5) is 2.22. The molecule has 1 aliphatic rings. The molecule has 1 unspecified atom stereocenters. The summed E-state index contributed by atoms with van der Waals surface area (Å²) >= 11 is 0. The smallest absolute Gasteiger partial charge is 0.387 e. The first-order valence-corrected chi connectivity index (χ1v) is 6.63. The molecule has 1 saturated heterocycles. The monoisotopic (exact) mass is 322 g/mol. The molecule has 1 N–H and O–H groups in total. The van der Waals surface area contributed by atoms with E-state index in [1.807, 2.05) is 13.1 Å². The molecule has 0 spiro atoms. The van der Waals surface area contributed by atoms with Crippen molar-refractivity contribution in [2.75, 3.05) is 27.2 Å². The first-order chi connectivity index (χ1) is 9.60. The third kappa shape index (κ3) is 4.98. The molecule has 0 radical (unpaired) electrons. The van der Waals surface area contributed by atoms with Gasteiger partial charge in [0.1, 0.15) is 0 Å². The summed E-state index contributed by atoms with van der Waals surface area (Å²) in [6.45, 7) is -0.170. The van der Waals surface area contributed by atoms with Crippen molar-refractivity contribution in [1.82, 2.24) is 10.2 Å². The summed E-state index contributed by atoms with van der Waals surface area (Å²) in [5, 5.41) is 3.31. The fourth-order valence-corrected chi connectivity index (χ4v) is 2.44. The van der Waals surface area contributed by atoms with Gasteiger partial charge in [0.25, 0.3) is 0 Å². The maximum Gasteiger partial charge on any atom is 0.387 e. The van der Waals surface area contributed by atoms with E-state index >= 15 is 0 Å². The highest BCUT2D eigenvalue weighted by atomic mass is 35.5. The molecule has 0 saturated carbocycles. The van der Waals surface area contributed by atoms with E-state index in [-0.39, 0.29) is 18.2 Å². The minimum Gasteiger partial charge on any atom is -0.493 e. The Hall–Kier alpha value is -1.11. The van der Waals surface area contributed by atoms with Gasteiger partial charge in [-0.3, -0.25) is 4.90 Å². The van der Waals surface area contributed by atoms with Crippen molar-refractivity contribution < 1.29 is 18.3 Å². The predicted molar refractivity (Wildman–Crippen MR) is 79.6 cm³/mol. The van der Waals surface area contributed by atoms with Crippen LogP contribution in [0.5, 0.6) is 11.5 Å². The van der Waals surface area contributed by atoms with Crippen LogP contribution in [-0.2, 0) is 6.54 Å². The second kappa shape index (κ2) is 8.36. The minimum atomic E-state index is -2.85. The number of hydrogen-bond acceptors (Lipinski definition) is 4. The van der Waals surface area contributed by atoms with E-state index in [4.69, 9.17) is 4.74 Å². The van der Waals surface area contributed by atoms with Gasteiger partial charge in [0.15, 0.2) is 11.5 Å². The highest BCUT2D eigenvalue weighted by molar-refractivity contribution is 5.85. The van der Waals surface area contributed by atoms with Gasteiger partial charge < -0.3 is 14.8 Å². The standard InChI is InChI=1S/C14H20F2N2O2.ClH/c1-18(11-5-6-17-8-11)9-10-3-4-12(19-2)13(7-10)20-14(15)16;/h3-4,7,11,14,17H,5-6,8-9H2,1-2H3;1H. The van der Waals surface area contributed by atoms with E-state index in [1.165, 1.54) is 7.11 Å². The van der Waals surface area contributed by atoms with Crippen molar-refractivity contribution in [1.29, 1.82) is 0 Å². The molecule has 2 rings (SSSR count). The summed E-state index contributed by atoms with van der Waals surface area (Å²) in [7, 11) is 3.47. The zero-order valence-electron chi connectivity index (χ0n) is 12.1. The molecular formula is C14H21ClF2N2O2. The Kier molecular flexibility index (Phi) is 7.14. The summed E-state index contributed by atoms with van der Waals surface area (Å²) < 4.78 is 34.3. The Labute approximate surface area is 129 Å². The molecule has 0 aliphatic carbocycles. The molecule has 1 fully saturated rings. The minimum absolute atomic E-state index is 0. The third-order valence-electron chi connectivity index (χ3n) is 3.53. The number of halogens is 3. The number of nitrogens with zero attached hydrogens (tertiary/aromatic N) is 1. The van der Waals surface area contributed by atoms with Crippen molar-refractivity contribution in [3.63, 3.8) is 0 Å². The van der Waals surface area contributed by atoms with Gasteiger partial charge in [-0.05, 0) is 37.7 Å². The van der Waals surface area contributed by atoms with Gasteiger partial charge in [0, 0.05) is 19.1 Å². The Bertz CT molecular complexity index is 443. The lowest BCUT2D eigenvalue weighted by molar-refractivity contribution is -0.0512. The number of hydrogen-bond donors (Lipinski definition) is 1. The lowest BCUT2D eigenvalue weighted by Crippen LogP contribution is -2.32. The Balaban J connectivity index is 0.00000220. The molecule has 0 amide bonds. The molecule has 1 aliphatic heterocycles. The Morgan fingerprint density at radius 2 is 2.14 bits per heavy atom. The van der Waals surface area contributed by atoms with Gasteiger partial charge >= 0.3 is 6.61 Å². The topological polar surface area (TPSA) is 33.7 Å². The second-order valence-electron chi connectivity index (χ2n) is 4.93. The number of benzene rings is 1. The van der Waals surface area contributed by atoms with Crippen LogP contribution in [0.3, 0.4) is 0 Å². The van der Waals surface area contributed by atoms with Crippen LogP contribution in [0.2, 0.25) is 0 Å². The number of likely N-dealkylation sites (N-methyl/N-ethyl adjacent to an activating group) is 1. The number of ether oxygens (including phenoxy) is 2. The fraction of sp³-hybridized carbons (Fsp3) is 0.571. The molecular weight excluding hydrogens is 302 g/mol. The molecule has 1 heterocycles. The molecule has 1 aromatic carbocycles. The number of rotatable bonds is 6. The summed E-state index contributed by atoms with van der Waals surface area (Å²) in [5.74, 6) is 0.400. The zero-order valence-corrected chi connectivity index (χ0v) is 13.0. The largest absolute Gasteiger partial charge is 0.493 e. The van der Waals surface area contributed by atoms with Gasteiger partial charge in [-0.2, -0.15) is 8.78 Å². The zero-order chi connectivity index (χ0) is 14.5. The van der Waals surface area contributed by atoms with Crippen molar-refractivity contribution in [3.05, 3.63) is 23.8 Å². The SMILES string of the molecule is COc1ccc(CN(C)C2CCNC2)cc1OC(F)F.Cl. The molecule has 21 heavy (non-hydrogen) atoms. The van der Waals surface area contributed by atoms with Crippen LogP contribution >= 0.6 is 12.4 Å². The normalized spacial score (nSPS) is 17.9. The average molecular weight is 323 g/mol. The molecule has 120 valence electrons. The first-order valence-electron chi connectivity index (χ1n) is 6.63. The molecule has 0 bridgehead atoms. The maximum absolute atomic E-state index is 12.4. The van der Waals surface area contributed by atoms with Gasteiger partial charge in [0.05, 0.1) is 7.11 Å². The number of alkyl halides is 2. The van der Waals surface area contributed by atoms with Crippen LogP contribution in [0.1, 0.15) is 12.0 Å². The van der Waals surface area contributed by atoms with Crippen LogP contribution in [0.4, 0.5) is 8.78 Å². The van der Waals surface area contributed by atoms with E-state index in [1.54, 1.807) is 12.1 Å². The quantitative estimate of drug-likeness (QED) is 0.872. The van der Waals surface area contributed by atoms with Crippen LogP contribution < -0.4 is 14.8 Å². The first kappa shape index (κ1) is 17.9. The van der Waals surface area contributed by atoms with E-state index < -0.39 is 6.61 Å². The summed E-state index contributed by atoms with van der Waals surface area (Å²) in [6.07, 6.45) is 1.10. The van der Waals surface area contributed by atoms with Crippen LogP contribution in [0.25, 0.3) is 0 Å². The number of methoxy groups -OCH3 is 1. The highest BCUT2D eigenvalue weighted by Crippen LogP contribution is 2.30. The van der Waals surface area contributed by atoms with Crippen molar-refractivity contribution in [2.45, 2.75) is 25.6 Å². The van der Waals surface area contributed by atoms with Crippen molar-refractivity contribution in [3.8, 4) is 11.5 Å². The van der Waals surface area contributed by atoms with Crippen LogP contribution in [-0.4, -0.2) is 44.8 Å². The lowest BCUT2D eigenvalue weighted by Gasteiger charge is -2.23. The fourth-order valence-electron chi connectivity index (χ4n) is 2.44. The van der Waals surface area contributed by atoms with Crippen LogP contribution in [0.15, 0.2) is 18.2 Å². The van der Waals surface area contributed by atoms with Crippen molar-refractivity contribution in [2.24, 2.45) is 0 Å². The average Bonchev–Trinajstić information content (AvgIpc) is 2.92. The van der Waals surface area contributed by atoms with Gasteiger partial charge in [-0.1, -0.05) is 6.07 Å². The van der Waals surface area contributed by atoms with Gasteiger partial charge in [-0.15, -0.1) is 12.4 Å².